The molecule has 1 aliphatic heterocycles. The van der Waals surface area contributed by atoms with Gasteiger partial charge in [0.15, 0.2) is 9.84 Å². The van der Waals surface area contributed by atoms with Gasteiger partial charge in [-0.3, -0.25) is 4.21 Å². The smallest absolute Gasteiger partial charge is 0.416 e. The summed E-state index contributed by atoms with van der Waals surface area (Å²) in [5.41, 5.74) is -1.08. The molecular weight excluding hydrogens is 369 g/mol. The van der Waals surface area contributed by atoms with Crippen LogP contribution in [0.3, 0.4) is 0 Å². The fourth-order valence-corrected chi connectivity index (χ4v) is 5.68. The van der Waals surface area contributed by atoms with Crippen molar-refractivity contribution in [2.75, 3.05) is 19.0 Å². The lowest BCUT2D eigenvalue weighted by molar-refractivity contribution is -0.137. The minimum Gasteiger partial charge on any atom is -0.772 e. The summed E-state index contributed by atoms with van der Waals surface area (Å²) in [6, 6.07) is 3.45. The van der Waals surface area contributed by atoms with Crippen molar-refractivity contribution in [1.82, 2.24) is 0 Å². The van der Waals surface area contributed by atoms with E-state index >= 15 is 0 Å². The van der Waals surface area contributed by atoms with Crippen molar-refractivity contribution in [3.8, 4) is 0 Å². The Hall–Kier alpha value is -0.970. The van der Waals surface area contributed by atoms with Crippen molar-refractivity contribution in [3.05, 3.63) is 29.8 Å². The molecule has 1 saturated heterocycles. The molecule has 2 rings (SSSR count). The third-order valence-electron chi connectivity index (χ3n) is 4.29. The Morgan fingerprint density at radius 1 is 1.42 bits per heavy atom. The van der Waals surface area contributed by atoms with E-state index in [1.165, 1.54) is 6.92 Å². The second-order valence-corrected chi connectivity index (χ2v) is 9.20. The molecule has 0 aliphatic carbocycles. The van der Waals surface area contributed by atoms with Crippen LogP contribution in [0.5, 0.6) is 0 Å². The van der Waals surface area contributed by atoms with Gasteiger partial charge in [-0.05, 0) is 37.5 Å². The molecule has 24 heavy (non-hydrogen) atoms. The molecule has 0 bridgehead atoms. The molecule has 5 nitrogen and oxygen atoms in total. The zero-order valence-corrected chi connectivity index (χ0v) is 14.3. The summed E-state index contributed by atoms with van der Waals surface area (Å²) in [5, 5.41) is 0. The zero-order valence-electron chi connectivity index (χ0n) is 12.7. The highest BCUT2D eigenvalue weighted by atomic mass is 32.2. The van der Waals surface area contributed by atoms with Crippen LogP contribution in [0.1, 0.15) is 18.9 Å². The Balaban J connectivity index is 2.49. The van der Waals surface area contributed by atoms with E-state index in [1.807, 2.05) is 0 Å². The average Bonchev–Trinajstić information content (AvgIpc) is 2.48. The van der Waals surface area contributed by atoms with E-state index in [0.29, 0.717) is 6.07 Å². The fraction of sp³-hybridized carbons (Fsp3) is 0.571. The first-order chi connectivity index (χ1) is 11.0. The summed E-state index contributed by atoms with van der Waals surface area (Å²) in [6.45, 7) is 1.25. The Morgan fingerprint density at radius 3 is 2.67 bits per heavy atom. The molecule has 3 unspecified atom stereocenters. The molecule has 1 fully saturated rings. The number of hydrogen-bond donors (Lipinski definition) is 0. The highest BCUT2D eigenvalue weighted by molar-refractivity contribution is 7.93. The van der Waals surface area contributed by atoms with Gasteiger partial charge in [-0.2, -0.15) is 13.2 Å². The molecule has 0 N–H and O–H groups in total. The summed E-state index contributed by atoms with van der Waals surface area (Å²) in [5.74, 6) is -1.15. The first kappa shape index (κ1) is 19.4. The van der Waals surface area contributed by atoms with Gasteiger partial charge in [0.25, 0.3) is 0 Å². The van der Waals surface area contributed by atoms with Gasteiger partial charge in [-0.25, -0.2) is 8.42 Å². The van der Waals surface area contributed by atoms with Gasteiger partial charge in [-0.1, -0.05) is 17.1 Å². The minimum atomic E-state index is -4.68. The van der Waals surface area contributed by atoms with Gasteiger partial charge < -0.3 is 9.29 Å². The second-order valence-electron chi connectivity index (χ2n) is 5.85. The zero-order chi connectivity index (χ0) is 18.2. The van der Waals surface area contributed by atoms with Crippen molar-refractivity contribution in [2.45, 2.75) is 29.2 Å². The monoisotopic (exact) mass is 385 g/mol. The maximum absolute atomic E-state index is 12.9. The molecule has 1 aromatic carbocycles. The van der Waals surface area contributed by atoms with Gasteiger partial charge in [-0.15, -0.1) is 0 Å². The predicted octanol–water partition coefficient (Wildman–Crippen LogP) is 2.15. The predicted molar refractivity (Wildman–Crippen MR) is 79.7 cm³/mol. The van der Waals surface area contributed by atoms with E-state index in [4.69, 9.17) is 4.74 Å². The van der Waals surface area contributed by atoms with E-state index in [1.54, 1.807) is 0 Å². The van der Waals surface area contributed by atoms with Crippen molar-refractivity contribution in [3.63, 3.8) is 0 Å². The lowest BCUT2D eigenvalue weighted by Gasteiger charge is -2.40. The van der Waals surface area contributed by atoms with Crippen LogP contribution in [0.25, 0.3) is 0 Å². The fourth-order valence-electron chi connectivity index (χ4n) is 2.75. The highest BCUT2D eigenvalue weighted by Gasteiger charge is 2.49. The minimum absolute atomic E-state index is 0.197. The average molecular weight is 385 g/mol. The lowest BCUT2D eigenvalue weighted by atomic mass is 9.91. The third-order valence-corrected chi connectivity index (χ3v) is 7.51. The number of rotatable bonds is 4. The van der Waals surface area contributed by atoms with Crippen LogP contribution in [0.15, 0.2) is 29.2 Å². The largest absolute Gasteiger partial charge is 0.772 e. The molecule has 3 atom stereocenters. The quantitative estimate of drug-likeness (QED) is 0.742. The topological polar surface area (TPSA) is 83.5 Å². The van der Waals surface area contributed by atoms with Gasteiger partial charge in [0.1, 0.15) is 4.75 Å². The Bertz CT molecular complexity index is 732. The molecular formula is C14H16F3O5S2-. The molecule has 0 saturated carbocycles. The summed E-state index contributed by atoms with van der Waals surface area (Å²) in [6.07, 6.45) is -4.48. The molecule has 136 valence electrons. The van der Waals surface area contributed by atoms with Gasteiger partial charge in [0.2, 0.25) is 0 Å². The van der Waals surface area contributed by atoms with Crippen LogP contribution >= 0.6 is 0 Å². The Morgan fingerprint density at radius 2 is 2.08 bits per heavy atom. The molecule has 1 heterocycles. The lowest BCUT2D eigenvalue weighted by Crippen LogP contribution is -2.52. The maximum Gasteiger partial charge on any atom is 0.416 e. The number of alkyl halides is 3. The third kappa shape index (κ3) is 3.66. The molecule has 0 radical (unpaired) electrons. The van der Waals surface area contributed by atoms with E-state index < -0.39 is 54.0 Å². The molecule has 10 heteroatoms. The SMILES string of the molecule is CC1(S(=O)(=O)c2cccc(C(F)(F)F)c2)COCCC1CS(=O)[O-]. The van der Waals surface area contributed by atoms with E-state index in [-0.39, 0.29) is 19.6 Å². The van der Waals surface area contributed by atoms with Crippen molar-refractivity contribution < 1.29 is 35.1 Å². The number of benzene rings is 1. The van der Waals surface area contributed by atoms with Crippen molar-refractivity contribution in [1.29, 1.82) is 0 Å². The molecule has 1 aromatic rings. The maximum atomic E-state index is 12.9. The van der Waals surface area contributed by atoms with E-state index in [2.05, 4.69) is 0 Å². The molecule has 0 amide bonds. The van der Waals surface area contributed by atoms with Crippen molar-refractivity contribution >= 4 is 20.9 Å². The van der Waals surface area contributed by atoms with Gasteiger partial charge in [0, 0.05) is 12.4 Å². The summed E-state index contributed by atoms with van der Waals surface area (Å²) >= 11 is -2.47. The Kier molecular flexibility index (Phi) is 5.43. The van der Waals surface area contributed by atoms with E-state index in [0.717, 1.165) is 18.2 Å². The summed E-state index contributed by atoms with van der Waals surface area (Å²) in [7, 11) is -4.24. The molecule has 1 aliphatic rings. The van der Waals surface area contributed by atoms with Crippen LogP contribution in [0.2, 0.25) is 0 Å². The van der Waals surface area contributed by atoms with Gasteiger partial charge >= 0.3 is 6.18 Å². The van der Waals surface area contributed by atoms with Crippen molar-refractivity contribution in [2.24, 2.45) is 5.92 Å². The van der Waals surface area contributed by atoms with Crippen LogP contribution in [-0.4, -0.2) is 40.9 Å². The summed E-state index contributed by atoms with van der Waals surface area (Å²) < 4.78 is 90.0. The normalized spacial score (nSPS) is 27.0. The van der Waals surface area contributed by atoms with Crippen LogP contribution in [0, 0.1) is 5.92 Å². The molecule has 0 aromatic heterocycles. The first-order valence-corrected chi connectivity index (χ1v) is 9.77. The first-order valence-electron chi connectivity index (χ1n) is 7.04. The number of halogens is 3. The van der Waals surface area contributed by atoms with Crippen LogP contribution in [0.4, 0.5) is 13.2 Å². The van der Waals surface area contributed by atoms with Crippen LogP contribution < -0.4 is 0 Å². The Labute approximate surface area is 140 Å². The number of hydrogen-bond acceptors (Lipinski definition) is 5. The number of ether oxygens (including phenoxy) is 1. The van der Waals surface area contributed by atoms with Crippen LogP contribution in [-0.2, 0) is 31.8 Å². The summed E-state index contributed by atoms with van der Waals surface area (Å²) in [4.78, 5) is -0.494. The van der Waals surface area contributed by atoms with E-state index in [9.17, 15) is 30.4 Å². The second kappa shape index (κ2) is 6.74. The number of sulfone groups is 1. The molecule has 0 spiro atoms. The standard InChI is InChI=1S/C14H17F3O5S2/c1-13(9-22-6-5-11(13)8-23(18)19)24(20,21)12-4-2-3-10(7-12)14(15,16)17/h2-4,7,11H,5-6,8-9H2,1H3,(H,18,19)/p-1. The van der Waals surface area contributed by atoms with Gasteiger partial charge in [0.05, 0.1) is 17.1 Å². The highest BCUT2D eigenvalue weighted by Crippen LogP contribution is 2.39.